The Morgan fingerprint density at radius 3 is 2.36 bits per heavy atom. The third-order valence-electron chi connectivity index (χ3n) is 1.32. The summed E-state index contributed by atoms with van der Waals surface area (Å²) in [5.41, 5.74) is -0.592. The molecule has 0 aliphatic rings. The monoisotopic (exact) mass is 203 g/mol. The van der Waals surface area contributed by atoms with Gasteiger partial charge in [0.05, 0.1) is 6.61 Å². The highest BCUT2D eigenvalue weighted by Gasteiger charge is 2.25. The SMILES string of the molecule is CB(O)NC(CO)C(=O)OC(C)(C)C. The van der Waals surface area contributed by atoms with Crippen LogP contribution in [0.2, 0.25) is 6.82 Å². The maximum absolute atomic E-state index is 11.4. The molecule has 6 heteroatoms. The van der Waals surface area contributed by atoms with E-state index in [0.717, 1.165) is 0 Å². The van der Waals surface area contributed by atoms with Gasteiger partial charge in [0.1, 0.15) is 11.6 Å². The minimum Gasteiger partial charge on any atom is -0.459 e. The van der Waals surface area contributed by atoms with E-state index in [-0.39, 0.29) is 0 Å². The van der Waals surface area contributed by atoms with Crippen LogP contribution in [0, 0.1) is 0 Å². The average molecular weight is 203 g/mol. The number of aliphatic hydroxyl groups excluding tert-OH is 1. The van der Waals surface area contributed by atoms with Gasteiger partial charge < -0.3 is 20.1 Å². The summed E-state index contributed by atoms with van der Waals surface area (Å²) in [6.07, 6.45) is 0. The van der Waals surface area contributed by atoms with Crippen LogP contribution in [0.3, 0.4) is 0 Å². The van der Waals surface area contributed by atoms with Crippen LogP contribution in [0.4, 0.5) is 0 Å². The van der Waals surface area contributed by atoms with Crippen molar-refractivity contribution in [3.63, 3.8) is 0 Å². The highest BCUT2D eigenvalue weighted by atomic mass is 16.6. The number of hydrogen-bond acceptors (Lipinski definition) is 5. The lowest BCUT2D eigenvalue weighted by molar-refractivity contribution is -0.158. The molecule has 0 rings (SSSR count). The van der Waals surface area contributed by atoms with Gasteiger partial charge in [0, 0.05) is 0 Å². The molecule has 0 radical (unpaired) electrons. The zero-order valence-corrected chi connectivity index (χ0v) is 9.07. The van der Waals surface area contributed by atoms with Gasteiger partial charge in [-0.25, -0.2) is 0 Å². The molecule has 0 bridgehead atoms. The number of esters is 1. The van der Waals surface area contributed by atoms with Crippen molar-refractivity contribution < 1.29 is 19.7 Å². The molecule has 3 N–H and O–H groups in total. The van der Waals surface area contributed by atoms with Crippen LogP contribution in [0.15, 0.2) is 0 Å². The minimum absolute atomic E-state index is 0.403. The molecule has 5 nitrogen and oxygen atoms in total. The Labute approximate surface area is 84.6 Å². The molecule has 0 heterocycles. The van der Waals surface area contributed by atoms with Gasteiger partial charge in [0.2, 0.25) is 0 Å². The van der Waals surface area contributed by atoms with Crippen molar-refractivity contribution in [3.8, 4) is 0 Å². The van der Waals surface area contributed by atoms with Crippen molar-refractivity contribution in [2.45, 2.75) is 39.2 Å². The number of rotatable bonds is 4. The lowest BCUT2D eigenvalue weighted by atomic mass is 9.87. The molecule has 14 heavy (non-hydrogen) atoms. The third-order valence-corrected chi connectivity index (χ3v) is 1.32. The van der Waals surface area contributed by atoms with Crippen molar-refractivity contribution in [3.05, 3.63) is 0 Å². The number of hydrogen-bond donors (Lipinski definition) is 3. The van der Waals surface area contributed by atoms with Gasteiger partial charge in [-0.05, 0) is 27.6 Å². The van der Waals surface area contributed by atoms with Gasteiger partial charge in [-0.15, -0.1) is 0 Å². The van der Waals surface area contributed by atoms with Crippen molar-refractivity contribution in [2.75, 3.05) is 6.61 Å². The average Bonchev–Trinajstić information content (AvgIpc) is 1.96. The van der Waals surface area contributed by atoms with E-state index >= 15 is 0 Å². The summed E-state index contributed by atoms with van der Waals surface area (Å²) in [7, 11) is -0.861. The van der Waals surface area contributed by atoms with Crippen LogP contribution >= 0.6 is 0 Å². The van der Waals surface area contributed by atoms with Crippen molar-refractivity contribution in [1.29, 1.82) is 0 Å². The summed E-state index contributed by atoms with van der Waals surface area (Å²) in [6, 6.07) is -0.880. The fraction of sp³-hybridized carbons (Fsp3) is 0.875. The third kappa shape index (κ3) is 5.96. The Hall–Kier alpha value is -0.585. The van der Waals surface area contributed by atoms with Crippen LogP contribution in [-0.2, 0) is 9.53 Å². The first-order chi connectivity index (χ1) is 6.26. The molecule has 0 aromatic rings. The molecule has 0 saturated carbocycles. The fourth-order valence-electron chi connectivity index (χ4n) is 0.859. The van der Waals surface area contributed by atoms with Crippen molar-refractivity contribution >= 4 is 13.0 Å². The number of ether oxygens (including phenoxy) is 1. The van der Waals surface area contributed by atoms with Gasteiger partial charge in [0.25, 0.3) is 0 Å². The Morgan fingerprint density at radius 2 is 2.07 bits per heavy atom. The zero-order valence-electron chi connectivity index (χ0n) is 9.07. The van der Waals surface area contributed by atoms with Crippen LogP contribution in [-0.4, -0.2) is 41.4 Å². The summed E-state index contributed by atoms with van der Waals surface area (Å²) in [6.45, 7) is 6.28. The topological polar surface area (TPSA) is 78.8 Å². The summed E-state index contributed by atoms with van der Waals surface area (Å²) >= 11 is 0. The smallest absolute Gasteiger partial charge is 0.374 e. The molecule has 0 aliphatic heterocycles. The fourth-order valence-corrected chi connectivity index (χ4v) is 0.859. The predicted octanol–water partition coefficient (Wildman–Crippen LogP) is -0.611. The second-order valence-electron chi connectivity index (χ2n) is 4.11. The molecule has 0 saturated heterocycles. The first-order valence-corrected chi connectivity index (χ1v) is 4.54. The van der Waals surface area contributed by atoms with Gasteiger partial charge in [-0.2, -0.15) is 0 Å². The maximum Gasteiger partial charge on any atom is 0.374 e. The number of nitrogens with one attached hydrogen (secondary N) is 1. The summed E-state index contributed by atoms with van der Waals surface area (Å²) in [4.78, 5) is 11.4. The normalized spacial score (nSPS) is 13.6. The molecular formula is C8H18BNO4. The maximum atomic E-state index is 11.4. The highest BCUT2D eigenvalue weighted by Crippen LogP contribution is 2.08. The van der Waals surface area contributed by atoms with Crippen LogP contribution in [0.25, 0.3) is 0 Å². The molecule has 0 aromatic carbocycles. The molecule has 0 fully saturated rings. The summed E-state index contributed by atoms with van der Waals surface area (Å²) in [5.74, 6) is -0.569. The van der Waals surface area contributed by atoms with Gasteiger partial charge >= 0.3 is 13.0 Å². The summed E-state index contributed by atoms with van der Waals surface area (Å²) < 4.78 is 5.02. The lowest BCUT2D eigenvalue weighted by Gasteiger charge is -2.23. The zero-order chi connectivity index (χ0) is 11.4. The highest BCUT2D eigenvalue weighted by molar-refractivity contribution is 6.46. The standard InChI is InChI=1S/C8H18BNO4/c1-8(2,3)14-7(12)6(5-11)10-9(4)13/h6,10-11,13H,5H2,1-4H3. The first kappa shape index (κ1) is 13.4. The lowest BCUT2D eigenvalue weighted by Crippen LogP contribution is -2.49. The number of carbonyl (C=O) groups excluding carboxylic acids is 1. The van der Waals surface area contributed by atoms with E-state index in [1.54, 1.807) is 20.8 Å². The largest absolute Gasteiger partial charge is 0.459 e. The van der Waals surface area contributed by atoms with E-state index in [2.05, 4.69) is 5.23 Å². The predicted molar refractivity (Wildman–Crippen MR) is 53.7 cm³/mol. The second kappa shape index (κ2) is 5.33. The molecule has 0 spiro atoms. The molecule has 1 unspecified atom stereocenters. The van der Waals surface area contributed by atoms with Crippen molar-refractivity contribution in [2.24, 2.45) is 0 Å². The Balaban J connectivity index is 4.18. The van der Waals surface area contributed by atoms with Crippen LogP contribution in [0.1, 0.15) is 20.8 Å². The quantitative estimate of drug-likeness (QED) is 0.419. The molecule has 82 valence electrons. The summed E-state index contributed by atoms with van der Waals surface area (Å²) in [5, 5.41) is 20.3. The number of carbonyl (C=O) groups is 1. The first-order valence-electron chi connectivity index (χ1n) is 4.54. The van der Waals surface area contributed by atoms with E-state index in [1.807, 2.05) is 0 Å². The van der Waals surface area contributed by atoms with Crippen LogP contribution in [0.5, 0.6) is 0 Å². The molecule has 0 amide bonds. The van der Waals surface area contributed by atoms with Crippen molar-refractivity contribution in [1.82, 2.24) is 5.23 Å². The molecular weight excluding hydrogens is 185 g/mol. The van der Waals surface area contributed by atoms with Gasteiger partial charge in [0.15, 0.2) is 0 Å². The van der Waals surface area contributed by atoms with E-state index in [4.69, 9.17) is 14.9 Å². The Morgan fingerprint density at radius 1 is 1.57 bits per heavy atom. The molecule has 0 aliphatic carbocycles. The van der Waals surface area contributed by atoms with E-state index < -0.39 is 31.3 Å². The Bertz CT molecular complexity index is 190. The van der Waals surface area contributed by atoms with E-state index in [0.29, 0.717) is 0 Å². The van der Waals surface area contributed by atoms with Gasteiger partial charge in [-0.1, -0.05) is 0 Å². The molecule has 1 atom stereocenters. The Kier molecular flexibility index (Phi) is 5.11. The van der Waals surface area contributed by atoms with E-state index in [1.165, 1.54) is 6.82 Å². The van der Waals surface area contributed by atoms with Crippen LogP contribution < -0.4 is 5.23 Å². The number of aliphatic hydroxyl groups is 1. The second-order valence-corrected chi connectivity index (χ2v) is 4.11. The molecule has 0 aromatic heterocycles. The van der Waals surface area contributed by atoms with Gasteiger partial charge in [-0.3, -0.25) is 4.79 Å². The minimum atomic E-state index is -0.880. The van der Waals surface area contributed by atoms with E-state index in [9.17, 15) is 4.79 Å².